The molecule has 9 heteroatoms. The maximum absolute atomic E-state index is 12.8. The van der Waals surface area contributed by atoms with Gasteiger partial charge in [0.15, 0.2) is 0 Å². The summed E-state index contributed by atoms with van der Waals surface area (Å²) in [7, 11) is 0. The molecule has 0 aliphatic carbocycles. The predicted molar refractivity (Wildman–Crippen MR) is 83.6 cm³/mol. The van der Waals surface area contributed by atoms with Gasteiger partial charge in [-0.2, -0.15) is 13.2 Å². The predicted octanol–water partition coefficient (Wildman–Crippen LogP) is 1.99. The van der Waals surface area contributed by atoms with Gasteiger partial charge >= 0.3 is 6.18 Å². The van der Waals surface area contributed by atoms with Crippen LogP contribution in [0.15, 0.2) is 12.3 Å². The number of hydrogen-bond acceptors (Lipinski definition) is 5. The molecule has 0 aromatic carbocycles. The number of nitrogens with two attached hydrogens (primary N) is 1. The van der Waals surface area contributed by atoms with Crippen molar-refractivity contribution < 1.29 is 22.7 Å². The minimum atomic E-state index is -4.47. The van der Waals surface area contributed by atoms with Crippen molar-refractivity contribution in [3.63, 3.8) is 0 Å². The number of ether oxygens (including phenoxy) is 1. The summed E-state index contributed by atoms with van der Waals surface area (Å²) in [5.74, 6) is -0.0884. The number of alkyl halides is 3. The van der Waals surface area contributed by atoms with E-state index < -0.39 is 11.9 Å². The number of carbonyl (C=O) groups excluding carboxylic acids is 1. The molecule has 138 valence electrons. The highest BCUT2D eigenvalue weighted by atomic mass is 19.4. The lowest BCUT2D eigenvalue weighted by Crippen LogP contribution is -2.38. The number of piperidine rings is 1. The van der Waals surface area contributed by atoms with Crippen LogP contribution >= 0.6 is 0 Å². The van der Waals surface area contributed by atoms with E-state index in [1.165, 1.54) is 0 Å². The minimum Gasteiger partial charge on any atom is -0.377 e. The first kappa shape index (κ1) is 17.9. The van der Waals surface area contributed by atoms with Crippen molar-refractivity contribution in [3.05, 3.63) is 18.0 Å². The van der Waals surface area contributed by atoms with Crippen molar-refractivity contribution in [2.75, 3.05) is 24.6 Å². The van der Waals surface area contributed by atoms with Gasteiger partial charge in [0.25, 0.3) is 0 Å². The van der Waals surface area contributed by atoms with Crippen molar-refractivity contribution in [3.8, 4) is 0 Å². The number of aromatic nitrogens is 2. The Labute approximate surface area is 143 Å². The largest absolute Gasteiger partial charge is 0.433 e. The fraction of sp³-hybridized carbons (Fsp3) is 0.688. The van der Waals surface area contributed by atoms with Gasteiger partial charge in [0, 0.05) is 25.9 Å². The molecule has 25 heavy (non-hydrogen) atoms. The highest BCUT2D eigenvalue weighted by Gasteiger charge is 2.36. The van der Waals surface area contributed by atoms with Crippen molar-refractivity contribution >= 4 is 11.9 Å². The molecule has 0 unspecified atom stereocenters. The monoisotopic (exact) mass is 358 g/mol. The van der Waals surface area contributed by atoms with Gasteiger partial charge < -0.3 is 15.4 Å². The number of amides is 1. The summed E-state index contributed by atoms with van der Waals surface area (Å²) < 4.78 is 43.9. The SMILES string of the molecule is NC(=O)[C@@H]1CCO[C@@H]1CC1CCN(c2nccc(C(F)(F)F)n2)CC1. The summed E-state index contributed by atoms with van der Waals surface area (Å²) >= 11 is 0. The van der Waals surface area contributed by atoms with Crippen LogP contribution in [0.1, 0.15) is 31.4 Å². The quantitative estimate of drug-likeness (QED) is 0.890. The van der Waals surface area contributed by atoms with Gasteiger partial charge in [0.1, 0.15) is 5.69 Å². The Balaban J connectivity index is 1.56. The fourth-order valence-electron chi connectivity index (χ4n) is 3.56. The number of anilines is 1. The Bertz CT molecular complexity index is 618. The topological polar surface area (TPSA) is 81.3 Å². The van der Waals surface area contributed by atoms with E-state index in [9.17, 15) is 18.0 Å². The molecule has 2 atom stereocenters. The third-order valence-electron chi connectivity index (χ3n) is 4.97. The van der Waals surface area contributed by atoms with Gasteiger partial charge in [-0.15, -0.1) is 0 Å². The molecule has 0 saturated carbocycles. The molecule has 2 saturated heterocycles. The number of hydrogen-bond donors (Lipinski definition) is 1. The van der Waals surface area contributed by atoms with Crippen LogP contribution in [0.2, 0.25) is 0 Å². The van der Waals surface area contributed by atoms with Gasteiger partial charge in [-0.1, -0.05) is 0 Å². The highest BCUT2D eigenvalue weighted by Crippen LogP contribution is 2.32. The van der Waals surface area contributed by atoms with Gasteiger partial charge in [-0.05, 0) is 37.7 Å². The second kappa shape index (κ2) is 7.15. The lowest BCUT2D eigenvalue weighted by atomic mass is 9.86. The molecule has 3 rings (SSSR count). The summed E-state index contributed by atoms with van der Waals surface area (Å²) in [6.45, 7) is 1.72. The first-order chi connectivity index (χ1) is 11.8. The van der Waals surface area contributed by atoms with Crippen molar-refractivity contribution in [2.24, 2.45) is 17.6 Å². The third kappa shape index (κ3) is 4.20. The molecule has 3 heterocycles. The Morgan fingerprint density at radius 1 is 1.32 bits per heavy atom. The maximum atomic E-state index is 12.8. The second-order valence-electron chi connectivity index (χ2n) is 6.61. The van der Waals surface area contributed by atoms with Gasteiger partial charge in [-0.25, -0.2) is 9.97 Å². The molecule has 0 radical (unpaired) electrons. The highest BCUT2D eigenvalue weighted by molar-refractivity contribution is 5.77. The average molecular weight is 358 g/mol. The Morgan fingerprint density at radius 3 is 2.68 bits per heavy atom. The van der Waals surface area contributed by atoms with E-state index in [-0.39, 0.29) is 23.9 Å². The van der Waals surface area contributed by atoms with E-state index in [1.807, 2.05) is 0 Å². The second-order valence-corrected chi connectivity index (χ2v) is 6.61. The van der Waals surface area contributed by atoms with Gasteiger partial charge in [-0.3, -0.25) is 4.79 Å². The van der Waals surface area contributed by atoms with Crippen LogP contribution in [0.4, 0.5) is 19.1 Å². The zero-order valence-electron chi connectivity index (χ0n) is 13.7. The molecule has 2 aliphatic heterocycles. The Morgan fingerprint density at radius 2 is 2.04 bits per heavy atom. The van der Waals surface area contributed by atoms with Crippen molar-refractivity contribution in [2.45, 2.75) is 38.0 Å². The van der Waals surface area contributed by atoms with Crippen LogP contribution < -0.4 is 10.6 Å². The summed E-state index contributed by atoms with van der Waals surface area (Å²) in [6.07, 6.45) is -0.461. The third-order valence-corrected chi connectivity index (χ3v) is 4.97. The number of rotatable bonds is 4. The first-order valence-corrected chi connectivity index (χ1v) is 8.40. The number of primary amides is 1. The lowest BCUT2D eigenvalue weighted by molar-refractivity contribution is -0.141. The minimum absolute atomic E-state index is 0.111. The molecule has 6 nitrogen and oxygen atoms in total. The molecule has 1 amide bonds. The van der Waals surface area contributed by atoms with Crippen LogP contribution in [0, 0.1) is 11.8 Å². The molecule has 2 aliphatic rings. The van der Waals surface area contributed by atoms with Crippen LogP contribution in [0.5, 0.6) is 0 Å². The smallest absolute Gasteiger partial charge is 0.377 e. The van der Waals surface area contributed by atoms with Crippen LogP contribution in [0.25, 0.3) is 0 Å². The summed E-state index contributed by atoms with van der Waals surface area (Å²) in [5.41, 5.74) is 4.48. The van der Waals surface area contributed by atoms with Gasteiger partial charge in [0.05, 0.1) is 12.0 Å². The number of nitrogens with zero attached hydrogens (tertiary/aromatic N) is 3. The molecule has 0 bridgehead atoms. The zero-order valence-corrected chi connectivity index (χ0v) is 13.7. The van der Waals surface area contributed by atoms with E-state index in [0.29, 0.717) is 32.0 Å². The molecule has 0 spiro atoms. The fourth-order valence-corrected chi connectivity index (χ4v) is 3.56. The van der Waals surface area contributed by atoms with Crippen molar-refractivity contribution in [1.82, 2.24) is 9.97 Å². The van der Waals surface area contributed by atoms with Gasteiger partial charge in [0.2, 0.25) is 11.9 Å². The van der Waals surface area contributed by atoms with Crippen LogP contribution in [-0.2, 0) is 15.7 Å². The Hall–Kier alpha value is -1.90. The molecule has 2 fully saturated rings. The summed E-state index contributed by atoms with van der Waals surface area (Å²) in [6, 6.07) is 0.873. The van der Waals surface area contributed by atoms with Crippen LogP contribution in [-0.4, -0.2) is 41.7 Å². The zero-order chi connectivity index (χ0) is 18.0. The summed E-state index contributed by atoms with van der Waals surface area (Å²) in [5, 5.41) is 0. The van der Waals surface area contributed by atoms with E-state index in [0.717, 1.165) is 31.5 Å². The standard InChI is InChI=1S/C16H21F3N4O2/c17-16(18,19)13-1-5-21-15(22-13)23-6-2-10(3-7-23)9-12-11(14(20)24)4-8-25-12/h1,5,10-12H,2-4,6-9H2,(H2,20,24)/t11-,12-/m1/s1. The summed E-state index contributed by atoms with van der Waals surface area (Å²) in [4.78, 5) is 20.8. The Kier molecular flexibility index (Phi) is 5.12. The van der Waals surface area contributed by atoms with E-state index in [2.05, 4.69) is 9.97 Å². The molecular weight excluding hydrogens is 337 g/mol. The van der Waals surface area contributed by atoms with E-state index >= 15 is 0 Å². The normalized spacial score (nSPS) is 25.3. The van der Waals surface area contributed by atoms with E-state index in [4.69, 9.17) is 10.5 Å². The maximum Gasteiger partial charge on any atom is 0.433 e. The lowest BCUT2D eigenvalue weighted by Gasteiger charge is -2.33. The molecular formula is C16H21F3N4O2. The van der Waals surface area contributed by atoms with Crippen molar-refractivity contribution in [1.29, 1.82) is 0 Å². The number of carbonyl (C=O) groups is 1. The molecule has 1 aromatic heterocycles. The average Bonchev–Trinajstić information content (AvgIpc) is 3.03. The number of halogens is 3. The molecule has 1 aromatic rings. The van der Waals surface area contributed by atoms with E-state index in [1.54, 1.807) is 4.90 Å². The first-order valence-electron chi connectivity index (χ1n) is 8.40. The van der Waals surface area contributed by atoms with Crippen LogP contribution in [0.3, 0.4) is 0 Å². The molecule has 2 N–H and O–H groups in total.